The highest BCUT2D eigenvalue weighted by Crippen LogP contribution is 2.32. The van der Waals surface area contributed by atoms with Gasteiger partial charge in [-0.2, -0.15) is 0 Å². The Balaban J connectivity index is 1.79. The van der Waals surface area contributed by atoms with Gasteiger partial charge in [-0.1, -0.05) is 24.1 Å². The molecule has 1 aliphatic carbocycles. The van der Waals surface area contributed by atoms with Crippen LogP contribution in [0.25, 0.3) is 11.0 Å². The van der Waals surface area contributed by atoms with E-state index in [1.165, 1.54) is 0 Å². The molecular weight excluding hydrogens is 276 g/mol. The van der Waals surface area contributed by atoms with Crippen molar-refractivity contribution < 1.29 is 4.79 Å². The number of imidazole rings is 1. The van der Waals surface area contributed by atoms with Gasteiger partial charge in [0.15, 0.2) is 0 Å². The molecule has 1 fully saturated rings. The van der Waals surface area contributed by atoms with E-state index in [1.807, 2.05) is 12.1 Å². The predicted octanol–water partition coefficient (Wildman–Crippen LogP) is 2.53. The number of amides is 1. The lowest BCUT2D eigenvalue weighted by molar-refractivity contribution is -0.120. The Kier molecular flexibility index (Phi) is 3.63. The Morgan fingerprint density at radius 1 is 1.50 bits per heavy atom. The Morgan fingerprint density at radius 3 is 3.10 bits per heavy atom. The summed E-state index contributed by atoms with van der Waals surface area (Å²) in [5.41, 5.74) is 7.20. The van der Waals surface area contributed by atoms with Crippen LogP contribution in [-0.4, -0.2) is 22.4 Å². The fourth-order valence-electron chi connectivity index (χ4n) is 2.93. The lowest BCUT2D eigenvalue weighted by Crippen LogP contribution is -2.30. The summed E-state index contributed by atoms with van der Waals surface area (Å²) in [4.78, 5) is 19.7. The Morgan fingerprint density at radius 2 is 2.35 bits per heavy atom. The molecule has 106 valence electrons. The highest BCUT2D eigenvalue weighted by Gasteiger charge is 2.32. The molecule has 1 aliphatic rings. The van der Waals surface area contributed by atoms with Crippen molar-refractivity contribution >= 4 is 34.5 Å². The fraction of sp³-hybridized carbons (Fsp3) is 0.429. The number of benzene rings is 1. The number of aromatic nitrogens is 2. The summed E-state index contributed by atoms with van der Waals surface area (Å²) in [6.45, 7) is 0.560. The number of halogens is 1. The Bertz CT molecular complexity index is 639. The van der Waals surface area contributed by atoms with Crippen LogP contribution in [0.5, 0.6) is 0 Å². The average molecular weight is 293 g/mol. The number of rotatable bonds is 3. The molecule has 0 unspecified atom stereocenters. The number of nitrogens with two attached hydrogens (primary N) is 1. The van der Waals surface area contributed by atoms with Crippen LogP contribution in [0.4, 0.5) is 5.95 Å². The summed E-state index contributed by atoms with van der Waals surface area (Å²) < 4.78 is 0. The highest BCUT2D eigenvalue weighted by molar-refractivity contribution is 6.35. The van der Waals surface area contributed by atoms with Crippen molar-refractivity contribution in [1.82, 2.24) is 9.97 Å². The number of nitrogens with one attached hydrogen (secondary N) is 2. The van der Waals surface area contributed by atoms with Crippen LogP contribution < -0.4 is 11.1 Å². The molecular formula is C14H17ClN4O. The van der Waals surface area contributed by atoms with Crippen LogP contribution >= 0.6 is 11.6 Å². The van der Waals surface area contributed by atoms with Crippen molar-refractivity contribution in [2.24, 2.45) is 17.6 Å². The van der Waals surface area contributed by atoms with Gasteiger partial charge in [0.1, 0.15) is 5.52 Å². The summed E-state index contributed by atoms with van der Waals surface area (Å²) in [5, 5.41) is 3.41. The summed E-state index contributed by atoms with van der Waals surface area (Å²) in [6.07, 6.45) is 2.99. The average Bonchev–Trinajstić information content (AvgIpc) is 3.04. The number of anilines is 1. The molecule has 0 aliphatic heterocycles. The second-order valence-corrected chi connectivity index (χ2v) is 5.65. The van der Waals surface area contributed by atoms with E-state index in [2.05, 4.69) is 15.3 Å². The maximum absolute atomic E-state index is 12.3. The van der Waals surface area contributed by atoms with Crippen LogP contribution in [0.1, 0.15) is 19.3 Å². The van der Waals surface area contributed by atoms with Crippen LogP contribution in [-0.2, 0) is 4.79 Å². The van der Waals surface area contributed by atoms with Gasteiger partial charge in [-0.15, -0.1) is 0 Å². The van der Waals surface area contributed by atoms with E-state index in [4.69, 9.17) is 17.3 Å². The second-order valence-electron chi connectivity index (χ2n) is 5.24. The molecule has 4 N–H and O–H groups in total. The first-order chi connectivity index (χ1) is 9.69. The number of nitrogens with zero attached hydrogens (tertiary/aromatic N) is 1. The van der Waals surface area contributed by atoms with E-state index in [-0.39, 0.29) is 17.7 Å². The predicted molar refractivity (Wildman–Crippen MR) is 79.6 cm³/mol. The number of fused-ring (bicyclic) bond motifs is 1. The molecule has 1 amide bonds. The minimum Gasteiger partial charge on any atom is -0.330 e. The summed E-state index contributed by atoms with van der Waals surface area (Å²) in [7, 11) is 0. The third kappa shape index (κ3) is 2.39. The van der Waals surface area contributed by atoms with Crippen molar-refractivity contribution in [2.75, 3.05) is 11.9 Å². The van der Waals surface area contributed by atoms with Crippen molar-refractivity contribution in [1.29, 1.82) is 0 Å². The van der Waals surface area contributed by atoms with Gasteiger partial charge in [0.05, 0.1) is 10.5 Å². The van der Waals surface area contributed by atoms with Gasteiger partial charge in [0.25, 0.3) is 0 Å². The van der Waals surface area contributed by atoms with Crippen LogP contribution in [0.15, 0.2) is 18.2 Å². The quantitative estimate of drug-likeness (QED) is 0.813. The molecule has 20 heavy (non-hydrogen) atoms. The minimum absolute atomic E-state index is 0.00636. The van der Waals surface area contributed by atoms with Crippen LogP contribution in [0.3, 0.4) is 0 Å². The van der Waals surface area contributed by atoms with Crippen molar-refractivity contribution in [3.63, 3.8) is 0 Å². The first kappa shape index (κ1) is 13.4. The van der Waals surface area contributed by atoms with E-state index in [0.29, 0.717) is 23.0 Å². The lowest BCUT2D eigenvalue weighted by Gasteiger charge is -2.16. The second kappa shape index (κ2) is 5.42. The smallest absolute Gasteiger partial charge is 0.230 e. The molecule has 0 saturated heterocycles. The molecule has 0 radical (unpaired) electrons. The van der Waals surface area contributed by atoms with E-state index < -0.39 is 0 Å². The number of carbonyl (C=O) groups is 1. The molecule has 1 aromatic heterocycles. The monoisotopic (exact) mass is 292 g/mol. The van der Waals surface area contributed by atoms with Gasteiger partial charge in [0, 0.05) is 5.92 Å². The zero-order valence-electron chi connectivity index (χ0n) is 11.0. The van der Waals surface area contributed by atoms with E-state index in [0.717, 1.165) is 24.8 Å². The van der Waals surface area contributed by atoms with Crippen LogP contribution in [0, 0.1) is 11.8 Å². The third-order valence-electron chi connectivity index (χ3n) is 4.00. The molecule has 0 spiro atoms. The normalized spacial score (nSPS) is 22.3. The number of aromatic amines is 1. The number of carbonyl (C=O) groups excluding carboxylic acids is 1. The SMILES string of the molecule is NC[C@H]1CCC[C@H]1C(=O)Nc1nc2c(Cl)cccc2[nH]1. The topological polar surface area (TPSA) is 83.8 Å². The van der Waals surface area contributed by atoms with E-state index in [9.17, 15) is 4.79 Å². The number of hydrogen-bond donors (Lipinski definition) is 3. The molecule has 3 rings (SSSR count). The molecule has 6 heteroatoms. The standard InChI is InChI=1S/C14H17ClN4O/c15-10-5-2-6-11-12(10)18-14(17-11)19-13(20)9-4-1-3-8(9)7-16/h2,5-6,8-9H,1,3-4,7,16H2,(H2,17,18,19,20)/t8-,9-/m1/s1. The first-order valence-electron chi connectivity index (χ1n) is 6.84. The van der Waals surface area contributed by atoms with Gasteiger partial charge in [-0.25, -0.2) is 4.98 Å². The maximum atomic E-state index is 12.3. The van der Waals surface area contributed by atoms with Crippen molar-refractivity contribution in [3.05, 3.63) is 23.2 Å². The van der Waals surface area contributed by atoms with Gasteiger partial charge < -0.3 is 10.7 Å². The van der Waals surface area contributed by atoms with Gasteiger partial charge in [-0.3, -0.25) is 10.1 Å². The number of hydrogen-bond acceptors (Lipinski definition) is 3. The maximum Gasteiger partial charge on any atom is 0.230 e. The number of para-hydroxylation sites is 1. The Labute approximate surface area is 121 Å². The molecule has 1 saturated carbocycles. The molecule has 2 aromatic rings. The fourth-order valence-corrected chi connectivity index (χ4v) is 3.15. The molecule has 5 nitrogen and oxygen atoms in total. The van der Waals surface area contributed by atoms with E-state index >= 15 is 0 Å². The van der Waals surface area contributed by atoms with E-state index in [1.54, 1.807) is 6.07 Å². The molecule has 1 heterocycles. The minimum atomic E-state index is -0.0105. The molecule has 2 atom stereocenters. The van der Waals surface area contributed by atoms with Gasteiger partial charge in [-0.05, 0) is 37.4 Å². The summed E-state index contributed by atoms with van der Waals surface area (Å²) in [6, 6.07) is 5.50. The zero-order chi connectivity index (χ0) is 14.1. The molecule has 0 bridgehead atoms. The Hall–Kier alpha value is -1.59. The van der Waals surface area contributed by atoms with Crippen molar-refractivity contribution in [2.45, 2.75) is 19.3 Å². The van der Waals surface area contributed by atoms with Gasteiger partial charge in [0.2, 0.25) is 11.9 Å². The van der Waals surface area contributed by atoms with Crippen molar-refractivity contribution in [3.8, 4) is 0 Å². The zero-order valence-corrected chi connectivity index (χ0v) is 11.8. The van der Waals surface area contributed by atoms with Crippen LogP contribution in [0.2, 0.25) is 5.02 Å². The van der Waals surface area contributed by atoms with Gasteiger partial charge >= 0.3 is 0 Å². The largest absolute Gasteiger partial charge is 0.330 e. The number of H-pyrrole nitrogens is 1. The highest BCUT2D eigenvalue weighted by atomic mass is 35.5. The lowest BCUT2D eigenvalue weighted by atomic mass is 9.95. The summed E-state index contributed by atoms with van der Waals surface area (Å²) in [5.74, 6) is 0.709. The first-order valence-corrected chi connectivity index (χ1v) is 7.22. The molecule has 1 aromatic carbocycles. The summed E-state index contributed by atoms with van der Waals surface area (Å²) >= 11 is 6.07. The third-order valence-corrected chi connectivity index (χ3v) is 4.31.